The summed E-state index contributed by atoms with van der Waals surface area (Å²) in [4.78, 5) is 13.8. The molecule has 0 unspecified atom stereocenters. The van der Waals surface area contributed by atoms with E-state index in [1.807, 2.05) is 0 Å². The summed E-state index contributed by atoms with van der Waals surface area (Å²) in [5.41, 5.74) is 0.459. The molecule has 4 heteroatoms. The fourth-order valence-corrected chi connectivity index (χ4v) is 0.990. The van der Waals surface area contributed by atoms with Gasteiger partial charge in [0.2, 0.25) is 5.69 Å². The molecule has 0 aliphatic rings. The van der Waals surface area contributed by atoms with Crippen LogP contribution in [0.2, 0.25) is 0 Å². The highest BCUT2D eigenvalue weighted by Gasteiger charge is 2.06. The van der Waals surface area contributed by atoms with Crippen molar-refractivity contribution in [2.24, 2.45) is 0 Å². The Labute approximate surface area is 80.9 Å². The third kappa shape index (κ3) is 2.30. The molecular formula is C10H8FNO2. The van der Waals surface area contributed by atoms with Crippen LogP contribution in [-0.4, -0.2) is 13.1 Å². The fraction of sp³-hybridized carbons (Fsp3) is 0.200. The van der Waals surface area contributed by atoms with Gasteiger partial charge in [-0.2, -0.15) is 0 Å². The number of methoxy groups -OCH3 is 1. The Kier molecular flexibility index (Phi) is 3.19. The van der Waals surface area contributed by atoms with Gasteiger partial charge >= 0.3 is 5.97 Å². The van der Waals surface area contributed by atoms with Crippen LogP contribution in [0.1, 0.15) is 5.56 Å². The second-order valence-corrected chi connectivity index (χ2v) is 2.65. The van der Waals surface area contributed by atoms with Crippen molar-refractivity contribution in [2.45, 2.75) is 6.42 Å². The lowest BCUT2D eigenvalue weighted by Gasteiger charge is -2.00. The van der Waals surface area contributed by atoms with Crippen molar-refractivity contribution in [1.82, 2.24) is 0 Å². The Morgan fingerprint density at radius 3 is 2.86 bits per heavy atom. The molecule has 14 heavy (non-hydrogen) atoms. The smallest absolute Gasteiger partial charge is 0.309 e. The summed E-state index contributed by atoms with van der Waals surface area (Å²) in [5, 5.41) is 0. The Morgan fingerprint density at radius 2 is 2.36 bits per heavy atom. The van der Waals surface area contributed by atoms with Crippen molar-refractivity contribution in [2.75, 3.05) is 7.11 Å². The van der Waals surface area contributed by atoms with Crippen molar-refractivity contribution in [3.8, 4) is 0 Å². The van der Waals surface area contributed by atoms with Gasteiger partial charge in [-0.3, -0.25) is 4.79 Å². The molecule has 0 aromatic heterocycles. The molecule has 0 saturated carbocycles. The number of carbonyl (C=O) groups excluding carboxylic acids is 1. The van der Waals surface area contributed by atoms with E-state index < -0.39 is 11.8 Å². The van der Waals surface area contributed by atoms with E-state index in [9.17, 15) is 9.18 Å². The lowest BCUT2D eigenvalue weighted by Crippen LogP contribution is -2.04. The van der Waals surface area contributed by atoms with E-state index in [-0.39, 0.29) is 12.1 Å². The van der Waals surface area contributed by atoms with Gasteiger partial charge in [0, 0.05) is 0 Å². The van der Waals surface area contributed by atoms with Crippen molar-refractivity contribution in [3.05, 3.63) is 41.0 Å². The first kappa shape index (κ1) is 10.2. The molecule has 0 aliphatic carbocycles. The average molecular weight is 193 g/mol. The minimum atomic E-state index is -0.610. The van der Waals surface area contributed by atoms with E-state index in [1.54, 1.807) is 0 Å². The summed E-state index contributed by atoms with van der Waals surface area (Å²) in [6, 6.07) is 4.05. The van der Waals surface area contributed by atoms with Crippen molar-refractivity contribution in [1.29, 1.82) is 0 Å². The van der Waals surface area contributed by atoms with E-state index in [2.05, 4.69) is 9.58 Å². The molecule has 72 valence electrons. The van der Waals surface area contributed by atoms with Crippen LogP contribution in [0.3, 0.4) is 0 Å². The first-order chi connectivity index (χ1) is 6.67. The maximum atomic E-state index is 13.0. The van der Waals surface area contributed by atoms with Crippen LogP contribution in [0.5, 0.6) is 0 Å². The molecule has 3 nitrogen and oxygen atoms in total. The SMILES string of the molecule is [C-]#[N+]c1ccc(CC(=O)OC)cc1F. The highest BCUT2D eigenvalue weighted by atomic mass is 19.1. The van der Waals surface area contributed by atoms with Crippen LogP contribution in [-0.2, 0) is 16.0 Å². The number of ether oxygens (including phenoxy) is 1. The van der Waals surface area contributed by atoms with Crippen LogP contribution in [0.25, 0.3) is 4.85 Å². The van der Waals surface area contributed by atoms with Gasteiger partial charge in [0.1, 0.15) is 5.82 Å². The third-order valence-corrected chi connectivity index (χ3v) is 1.71. The van der Waals surface area contributed by atoms with Crippen molar-refractivity contribution >= 4 is 11.7 Å². The number of halogens is 1. The topological polar surface area (TPSA) is 30.7 Å². The Balaban J connectivity index is 2.88. The number of carbonyl (C=O) groups is 1. The normalized spacial score (nSPS) is 9.21. The highest BCUT2D eigenvalue weighted by Crippen LogP contribution is 2.18. The molecule has 0 saturated heterocycles. The lowest BCUT2D eigenvalue weighted by molar-refractivity contribution is -0.139. The molecule has 0 fully saturated rings. The molecule has 0 amide bonds. The van der Waals surface area contributed by atoms with Gasteiger partial charge in [-0.05, 0) is 11.6 Å². The molecule has 0 bridgehead atoms. The van der Waals surface area contributed by atoms with Crippen LogP contribution < -0.4 is 0 Å². The summed E-state index contributed by atoms with van der Waals surface area (Å²) in [6.07, 6.45) is 0.0195. The second kappa shape index (κ2) is 4.38. The molecule has 0 atom stereocenters. The van der Waals surface area contributed by atoms with E-state index in [0.29, 0.717) is 5.56 Å². The van der Waals surface area contributed by atoms with Gasteiger partial charge in [-0.15, -0.1) is 0 Å². The molecule has 0 N–H and O–H groups in total. The van der Waals surface area contributed by atoms with E-state index in [4.69, 9.17) is 6.57 Å². The quantitative estimate of drug-likeness (QED) is 0.532. The zero-order valence-corrected chi connectivity index (χ0v) is 7.58. The summed E-state index contributed by atoms with van der Waals surface area (Å²) < 4.78 is 17.5. The number of benzene rings is 1. The van der Waals surface area contributed by atoms with E-state index in [1.165, 1.54) is 25.3 Å². The predicted molar refractivity (Wildman–Crippen MR) is 48.4 cm³/mol. The first-order valence-corrected chi connectivity index (χ1v) is 3.90. The average Bonchev–Trinajstić information content (AvgIpc) is 2.18. The zero-order chi connectivity index (χ0) is 10.6. The van der Waals surface area contributed by atoms with Gasteiger partial charge in [-0.1, -0.05) is 12.1 Å². The number of hydrogen-bond acceptors (Lipinski definition) is 2. The largest absolute Gasteiger partial charge is 0.469 e. The van der Waals surface area contributed by atoms with Gasteiger partial charge < -0.3 is 4.74 Å². The van der Waals surface area contributed by atoms with Crippen LogP contribution in [0.4, 0.5) is 10.1 Å². The summed E-state index contributed by atoms with van der Waals surface area (Å²) in [6.45, 7) is 6.63. The van der Waals surface area contributed by atoms with Crippen molar-refractivity contribution < 1.29 is 13.9 Å². The Bertz CT molecular complexity index is 396. The monoisotopic (exact) mass is 193 g/mol. The van der Waals surface area contributed by atoms with Gasteiger partial charge in [0.05, 0.1) is 20.1 Å². The molecule has 1 aromatic carbocycles. The third-order valence-electron chi connectivity index (χ3n) is 1.71. The Morgan fingerprint density at radius 1 is 1.64 bits per heavy atom. The maximum absolute atomic E-state index is 13.0. The number of nitrogens with zero attached hydrogens (tertiary/aromatic N) is 1. The fourth-order valence-electron chi connectivity index (χ4n) is 0.990. The first-order valence-electron chi connectivity index (χ1n) is 3.90. The van der Waals surface area contributed by atoms with Gasteiger partial charge in [0.25, 0.3) is 0 Å². The van der Waals surface area contributed by atoms with E-state index >= 15 is 0 Å². The number of rotatable bonds is 2. The molecule has 1 aromatic rings. The van der Waals surface area contributed by atoms with Crippen LogP contribution in [0.15, 0.2) is 18.2 Å². The number of esters is 1. The van der Waals surface area contributed by atoms with Crippen LogP contribution in [0, 0.1) is 12.4 Å². The summed E-state index contributed by atoms with van der Waals surface area (Å²) in [7, 11) is 1.27. The highest BCUT2D eigenvalue weighted by molar-refractivity contribution is 5.72. The predicted octanol–water partition coefficient (Wildman–Crippen LogP) is 2.09. The minimum absolute atomic E-state index is 0.0195. The molecular weight excluding hydrogens is 185 g/mol. The maximum Gasteiger partial charge on any atom is 0.309 e. The number of hydrogen-bond donors (Lipinski definition) is 0. The zero-order valence-electron chi connectivity index (χ0n) is 7.58. The van der Waals surface area contributed by atoms with Crippen molar-refractivity contribution in [3.63, 3.8) is 0 Å². The minimum Gasteiger partial charge on any atom is -0.469 e. The second-order valence-electron chi connectivity index (χ2n) is 2.65. The van der Waals surface area contributed by atoms with Gasteiger partial charge in [-0.25, -0.2) is 9.24 Å². The lowest BCUT2D eigenvalue weighted by atomic mass is 10.1. The summed E-state index contributed by atoms with van der Waals surface area (Å²) in [5.74, 6) is -1.04. The standard InChI is InChI=1S/C10H8FNO2/c1-12-9-4-3-7(5-8(9)11)6-10(13)14-2/h3-5H,6H2,2H3. The molecule has 1 rings (SSSR count). The molecule has 0 aliphatic heterocycles. The molecule has 0 heterocycles. The Hall–Kier alpha value is -1.89. The van der Waals surface area contributed by atoms with Crippen LogP contribution >= 0.6 is 0 Å². The molecule has 0 radical (unpaired) electrons. The molecule has 0 spiro atoms. The summed E-state index contributed by atoms with van der Waals surface area (Å²) >= 11 is 0. The van der Waals surface area contributed by atoms with E-state index in [0.717, 1.165) is 0 Å². The van der Waals surface area contributed by atoms with Gasteiger partial charge in [0.15, 0.2) is 0 Å².